The molecule has 1 N–H and O–H groups in total. The minimum atomic E-state index is -1.03. The van der Waals surface area contributed by atoms with E-state index in [2.05, 4.69) is 0 Å². The van der Waals surface area contributed by atoms with Gasteiger partial charge in [-0.25, -0.2) is 4.79 Å². The van der Waals surface area contributed by atoms with Crippen LogP contribution < -0.4 is 4.74 Å². The molecule has 2 aromatic rings. The molecule has 104 valence electrons. The first-order valence-electron chi connectivity index (χ1n) is 5.36. The molecular formula is C12H8FNO5S. The zero-order valence-electron chi connectivity index (χ0n) is 9.91. The van der Waals surface area contributed by atoms with E-state index in [1.165, 1.54) is 12.1 Å². The number of carboxylic acid groups (broad SMARTS) is 1. The average Bonchev–Trinajstić information content (AvgIpc) is 2.85. The molecule has 0 atom stereocenters. The molecule has 0 amide bonds. The van der Waals surface area contributed by atoms with Crippen LogP contribution in [0.4, 0.5) is 10.1 Å². The fourth-order valence-corrected chi connectivity index (χ4v) is 2.21. The van der Waals surface area contributed by atoms with Crippen molar-refractivity contribution >= 4 is 23.0 Å². The van der Waals surface area contributed by atoms with E-state index >= 15 is 0 Å². The third-order valence-electron chi connectivity index (χ3n) is 2.37. The topological polar surface area (TPSA) is 89.7 Å². The van der Waals surface area contributed by atoms with Gasteiger partial charge in [0, 0.05) is 17.0 Å². The summed E-state index contributed by atoms with van der Waals surface area (Å²) in [7, 11) is 0. The molecule has 1 heterocycles. The van der Waals surface area contributed by atoms with Crippen molar-refractivity contribution in [3.8, 4) is 5.75 Å². The lowest BCUT2D eigenvalue weighted by molar-refractivity contribution is -0.387. The summed E-state index contributed by atoms with van der Waals surface area (Å²) in [5, 5.41) is 19.2. The number of hydrogen-bond acceptors (Lipinski definition) is 5. The highest BCUT2D eigenvalue weighted by Crippen LogP contribution is 2.24. The summed E-state index contributed by atoms with van der Waals surface area (Å²) < 4.78 is 18.6. The molecule has 0 bridgehead atoms. The summed E-state index contributed by atoms with van der Waals surface area (Å²) in [6, 6.07) is 6.26. The Balaban J connectivity index is 2.05. The number of nitrogens with zero attached hydrogens (tertiary/aromatic N) is 1. The first kappa shape index (κ1) is 13.9. The zero-order valence-corrected chi connectivity index (χ0v) is 10.7. The van der Waals surface area contributed by atoms with E-state index in [4.69, 9.17) is 9.84 Å². The standard InChI is InChI=1S/C12H8FNO5S/c13-9-5-7(1-3-10(9)14(17)18)19-6-8-2-4-11(20-8)12(15)16/h1-5H,6H2,(H,15,16). The minimum absolute atomic E-state index is 0.0647. The number of nitro benzene ring substituents is 1. The van der Waals surface area contributed by atoms with Crippen molar-refractivity contribution in [2.24, 2.45) is 0 Å². The molecular weight excluding hydrogens is 289 g/mol. The van der Waals surface area contributed by atoms with Gasteiger partial charge >= 0.3 is 11.7 Å². The number of carbonyl (C=O) groups is 1. The van der Waals surface area contributed by atoms with Crippen molar-refractivity contribution in [3.63, 3.8) is 0 Å². The Morgan fingerprint density at radius 1 is 1.40 bits per heavy atom. The van der Waals surface area contributed by atoms with Gasteiger partial charge in [0.2, 0.25) is 5.82 Å². The Kier molecular flexibility index (Phi) is 3.94. The fraction of sp³-hybridized carbons (Fsp3) is 0.0833. The zero-order chi connectivity index (χ0) is 14.7. The lowest BCUT2D eigenvalue weighted by atomic mass is 10.3. The number of benzene rings is 1. The van der Waals surface area contributed by atoms with Gasteiger partial charge in [-0.05, 0) is 18.2 Å². The highest BCUT2D eigenvalue weighted by molar-refractivity contribution is 7.13. The molecule has 8 heteroatoms. The monoisotopic (exact) mass is 297 g/mol. The van der Waals surface area contributed by atoms with Crippen LogP contribution in [0, 0.1) is 15.9 Å². The molecule has 1 aromatic heterocycles. The fourth-order valence-electron chi connectivity index (χ4n) is 1.45. The number of carboxylic acids is 1. The summed E-state index contributed by atoms with van der Waals surface area (Å²) in [5.74, 6) is -1.87. The Morgan fingerprint density at radius 2 is 2.15 bits per heavy atom. The minimum Gasteiger partial charge on any atom is -0.488 e. The van der Waals surface area contributed by atoms with Crippen LogP contribution >= 0.6 is 11.3 Å². The summed E-state index contributed by atoms with van der Waals surface area (Å²) in [6.45, 7) is 0.0647. The maximum Gasteiger partial charge on any atom is 0.345 e. The molecule has 0 fully saturated rings. The number of aromatic carboxylic acids is 1. The SMILES string of the molecule is O=C(O)c1ccc(COc2ccc([N+](=O)[O-])c(F)c2)s1. The quantitative estimate of drug-likeness (QED) is 0.676. The summed E-state index contributed by atoms with van der Waals surface area (Å²) >= 11 is 1.05. The lowest BCUT2D eigenvalue weighted by Gasteiger charge is -2.04. The number of thiophene rings is 1. The van der Waals surface area contributed by atoms with E-state index in [1.807, 2.05) is 0 Å². The Bertz CT molecular complexity index is 670. The first-order chi connectivity index (χ1) is 9.47. The molecule has 0 aliphatic rings. The van der Waals surface area contributed by atoms with Crippen molar-refractivity contribution in [1.82, 2.24) is 0 Å². The van der Waals surface area contributed by atoms with E-state index in [-0.39, 0.29) is 17.2 Å². The second-order valence-corrected chi connectivity index (χ2v) is 4.90. The van der Waals surface area contributed by atoms with Crippen molar-refractivity contribution in [1.29, 1.82) is 0 Å². The molecule has 0 saturated carbocycles. The van der Waals surface area contributed by atoms with Gasteiger partial charge in [0.1, 0.15) is 17.2 Å². The highest BCUT2D eigenvalue weighted by atomic mass is 32.1. The van der Waals surface area contributed by atoms with Gasteiger partial charge in [0.05, 0.1) is 4.92 Å². The molecule has 0 spiro atoms. The number of nitro groups is 1. The third-order valence-corrected chi connectivity index (χ3v) is 3.42. The predicted octanol–water partition coefficient (Wildman–Crippen LogP) is 3.07. The van der Waals surface area contributed by atoms with Crippen LogP contribution in [0.25, 0.3) is 0 Å². The molecule has 1 aromatic carbocycles. The maximum absolute atomic E-state index is 13.3. The molecule has 0 aliphatic heterocycles. The lowest BCUT2D eigenvalue weighted by Crippen LogP contribution is -1.96. The number of halogens is 1. The molecule has 0 radical (unpaired) electrons. The van der Waals surface area contributed by atoms with Gasteiger partial charge in [0.25, 0.3) is 0 Å². The Labute approximate surface area is 116 Å². The smallest absolute Gasteiger partial charge is 0.345 e. The third kappa shape index (κ3) is 3.09. The summed E-state index contributed by atoms with van der Waals surface area (Å²) in [5.41, 5.74) is -0.623. The number of hydrogen-bond donors (Lipinski definition) is 1. The second kappa shape index (κ2) is 5.66. The van der Waals surface area contributed by atoms with Gasteiger partial charge in [-0.2, -0.15) is 4.39 Å². The van der Waals surface area contributed by atoms with Crippen LogP contribution in [-0.4, -0.2) is 16.0 Å². The average molecular weight is 297 g/mol. The Hall–Kier alpha value is -2.48. The van der Waals surface area contributed by atoms with Gasteiger partial charge in [-0.3, -0.25) is 10.1 Å². The van der Waals surface area contributed by atoms with Crippen LogP contribution in [0.1, 0.15) is 14.5 Å². The highest BCUT2D eigenvalue weighted by Gasteiger charge is 2.14. The molecule has 20 heavy (non-hydrogen) atoms. The second-order valence-electron chi connectivity index (χ2n) is 3.73. The van der Waals surface area contributed by atoms with Crippen molar-refractivity contribution in [2.45, 2.75) is 6.61 Å². The maximum atomic E-state index is 13.3. The van der Waals surface area contributed by atoms with Crippen LogP contribution in [0.2, 0.25) is 0 Å². The Morgan fingerprint density at radius 3 is 2.70 bits per heavy atom. The molecule has 0 saturated heterocycles. The number of ether oxygens (including phenoxy) is 1. The first-order valence-corrected chi connectivity index (χ1v) is 6.18. The number of rotatable bonds is 5. The predicted molar refractivity (Wildman–Crippen MR) is 68.7 cm³/mol. The van der Waals surface area contributed by atoms with E-state index in [0.29, 0.717) is 4.88 Å². The molecule has 2 rings (SSSR count). The molecule has 0 unspecified atom stereocenters. The van der Waals surface area contributed by atoms with E-state index in [0.717, 1.165) is 23.5 Å². The van der Waals surface area contributed by atoms with Gasteiger partial charge in [-0.15, -0.1) is 11.3 Å². The normalized spacial score (nSPS) is 10.2. The van der Waals surface area contributed by atoms with E-state index < -0.39 is 22.4 Å². The van der Waals surface area contributed by atoms with Crippen LogP contribution in [0.3, 0.4) is 0 Å². The van der Waals surface area contributed by atoms with Crippen molar-refractivity contribution in [2.75, 3.05) is 0 Å². The molecule has 6 nitrogen and oxygen atoms in total. The van der Waals surface area contributed by atoms with Crippen molar-refractivity contribution in [3.05, 3.63) is 56.0 Å². The summed E-state index contributed by atoms with van der Waals surface area (Å²) in [4.78, 5) is 21.2. The van der Waals surface area contributed by atoms with E-state index in [9.17, 15) is 19.3 Å². The van der Waals surface area contributed by atoms with Crippen molar-refractivity contribution < 1.29 is 24.0 Å². The van der Waals surface area contributed by atoms with Gasteiger partial charge in [-0.1, -0.05) is 0 Å². The molecule has 0 aliphatic carbocycles. The van der Waals surface area contributed by atoms with E-state index in [1.54, 1.807) is 6.07 Å². The van der Waals surface area contributed by atoms with Crippen LogP contribution in [0.5, 0.6) is 5.75 Å². The van der Waals surface area contributed by atoms with Crippen LogP contribution in [0.15, 0.2) is 30.3 Å². The van der Waals surface area contributed by atoms with Gasteiger partial charge in [0.15, 0.2) is 0 Å². The van der Waals surface area contributed by atoms with Crippen LogP contribution in [-0.2, 0) is 6.61 Å². The summed E-state index contributed by atoms with van der Waals surface area (Å²) in [6.07, 6.45) is 0. The van der Waals surface area contributed by atoms with Gasteiger partial charge < -0.3 is 9.84 Å². The largest absolute Gasteiger partial charge is 0.488 e.